The van der Waals surface area contributed by atoms with E-state index in [-0.39, 0.29) is 18.7 Å². The van der Waals surface area contributed by atoms with Crippen molar-refractivity contribution in [1.82, 2.24) is 9.78 Å². The van der Waals surface area contributed by atoms with Crippen molar-refractivity contribution in [2.75, 3.05) is 18.5 Å². The molecule has 1 rings (SSSR count). The zero-order valence-electron chi connectivity index (χ0n) is 10.3. The van der Waals surface area contributed by atoms with Gasteiger partial charge >= 0.3 is 0 Å². The summed E-state index contributed by atoms with van der Waals surface area (Å²) in [6.45, 7) is 2.39. The molecule has 0 aliphatic carbocycles. The van der Waals surface area contributed by atoms with Crippen LogP contribution in [0.5, 0.6) is 0 Å². The van der Waals surface area contributed by atoms with Crippen molar-refractivity contribution < 1.29 is 10.2 Å². The summed E-state index contributed by atoms with van der Waals surface area (Å²) < 4.78 is 1.53. The van der Waals surface area contributed by atoms with Gasteiger partial charge in [-0.15, -0.1) is 0 Å². The SMILES string of the molecule is CCCC(O)CNc1cnn(CCO)c(=O)c1Br. The van der Waals surface area contributed by atoms with Crippen LogP contribution >= 0.6 is 15.9 Å². The van der Waals surface area contributed by atoms with Crippen LogP contribution in [0.2, 0.25) is 0 Å². The van der Waals surface area contributed by atoms with E-state index in [1.807, 2.05) is 6.92 Å². The van der Waals surface area contributed by atoms with Gasteiger partial charge in [-0.2, -0.15) is 5.10 Å². The van der Waals surface area contributed by atoms with E-state index in [0.29, 0.717) is 23.1 Å². The van der Waals surface area contributed by atoms with Crippen LogP contribution in [0.4, 0.5) is 5.69 Å². The number of aromatic nitrogens is 2. The van der Waals surface area contributed by atoms with Crippen molar-refractivity contribution in [2.24, 2.45) is 0 Å². The van der Waals surface area contributed by atoms with Crippen molar-refractivity contribution in [2.45, 2.75) is 32.4 Å². The van der Waals surface area contributed by atoms with Crippen LogP contribution in [0, 0.1) is 0 Å². The van der Waals surface area contributed by atoms with Crippen LogP contribution in [0.1, 0.15) is 19.8 Å². The number of hydrogen-bond acceptors (Lipinski definition) is 5. The first-order chi connectivity index (χ1) is 8.60. The van der Waals surface area contributed by atoms with Gasteiger partial charge in [-0.3, -0.25) is 4.79 Å². The molecule has 1 atom stereocenters. The Morgan fingerprint density at radius 1 is 1.61 bits per heavy atom. The van der Waals surface area contributed by atoms with Crippen LogP contribution < -0.4 is 10.9 Å². The van der Waals surface area contributed by atoms with Gasteiger partial charge in [0.2, 0.25) is 0 Å². The van der Waals surface area contributed by atoms with Gasteiger partial charge in [0.15, 0.2) is 0 Å². The number of halogens is 1. The molecule has 7 heteroatoms. The van der Waals surface area contributed by atoms with Crippen molar-refractivity contribution in [1.29, 1.82) is 0 Å². The largest absolute Gasteiger partial charge is 0.394 e. The minimum absolute atomic E-state index is 0.138. The van der Waals surface area contributed by atoms with E-state index in [4.69, 9.17) is 5.11 Å². The Kier molecular flexibility index (Phi) is 6.31. The number of nitrogens with one attached hydrogen (secondary N) is 1. The predicted octanol–water partition coefficient (Wildman–Crippen LogP) is 0.571. The average Bonchev–Trinajstić information content (AvgIpc) is 2.35. The lowest BCUT2D eigenvalue weighted by Crippen LogP contribution is -2.27. The summed E-state index contributed by atoms with van der Waals surface area (Å²) in [6.07, 6.45) is 2.67. The molecule has 0 saturated heterocycles. The third-order valence-corrected chi connectivity index (χ3v) is 3.21. The van der Waals surface area contributed by atoms with E-state index in [1.165, 1.54) is 10.9 Å². The van der Waals surface area contributed by atoms with Crippen LogP contribution in [-0.2, 0) is 6.54 Å². The third kappa shape index (κ3) is 4.08. The van der Waals surface area contributed by atoms with Gasteiger partial charge in [0.1, 0.15) is 4.47 Å². The fourth-order valence-electron chi connectivity index (χ4n) is 1.51. The van der Waals surface area contributed by atoms with Gasteiger partial charge < -0.3 is 15.5 Å². The second-order valence-corrected chi connectivity index (χ2v) is 4.74. The number of nitrogens with zero attached hydrogens (tertiary/aromatic N) is 2. The summed E-state index contributed by atoms with van der Waals surface area (Å²) in [7, 11) is 0. The maximum Gasteiger partial charge on any atom is 0.283 e. The molecule has 1 unspecified atom stereocenters. The van der Waals surface area contributed by atoms with Crippen LogP contribution in [-0.4, -0.2) is 39.2 Å². The number of rotatable bonds is 7. The molecule has 0 spiro atoms. The van der Waals surface area contributed by atoms with Gasteiger partial charge in [0.05, 0.1) is 31.1 Å². The highest BCUT2D eigenvalue weighted by Crippen LogP contribution is 2.16. The normalized spacial score (nSPS) is 12.4. The fraction of sp³-hybridized carbons (Fsp3) is 0.636. The molecule has 0 aliphatic rings. The molecule has 0 aliphatic heterocycles. The quantitative estimate of drug-likeness (QED) is 0.684. The van der Waals surface area contributed by atoms with E-state index in [9.17, 15) is 9.90 Å². The Balaban J connectivity index is 2.73. The second kappa shape index (κ2) is 7.50. The third-order valence-electron chi connectivity index (χ3n) is 2.45. The molecule has 1 aromatic heterocycles. The van der Waals surface area contributed by atoms with Crippen molar-refractivity contribution in [3.05, 3.63) is 21.0 Å². The predicted molar refractivity (Wildman–Crippen MR) is 72.7 cm³/mol. The van der Waals surface area contributed by atoms with Gasteiger partial charge in [-0.05, 0) is 22.4 Å². The topological polar surface area (TPSA) is 87.4 Å². The Morgan fingerprint density at radius 3 is 2.94 bits per heavy atom. The fourth-order valence-corrected chi connectivity index (χ4v) is 1.95. The zero-order valence-corrected chi connectivity index (χ0v) is 11.9. The smallest absolute Gasteiger partial charge is 0.283 e. The molecular formula is C11H18BrN3O3. The Labute approximate surface area is 114 Å². The Hall–Kier alpha value is -0.920. The summed E-state index contributed by atoms with van der Waals surface area (Å²) in [5, 5.41) is 25.3. The van der Waals surface area contributed by atoms with Crippen LogP contribution in [0.15, 0.2) is 15.5 Å². The molecular weight excluding hydrogens is 302 g/mol. The minimum Gasteiger partial charge on any atom is -0.394 e. The Bertz CT molecular complexity index is 436. The molecule has 1 aromatic rings. The van der Waals surface area contributed by atoms with Crippen molar-refractivity contribution >= 4 is 21.6 Å². The first-order valence-electron chi connectivity index (χ1n) is 5.88. The van der Waals surface area contributed by atoms with Gasteiger partial charge in [0, 0.05) is 6.54 Å². The molecule has 0 fully saturated rings. The molecule has 0 aromatic carbocycles. The molecule has 18 heavy (non-hydrogen) atoms. The molecule has 6 nitrogen and oxygen atoms in total. The number of aliphatic hydroxyl groups is 2. The molecule has 0 saturated carbocycles. The highest BCUT2D eigenvalue weighted by atomic mass is 79.9. The standard InChI is InChI=1S/C11H18BrN3O3/c1-2-3-8(17)6-13-9-7-14-15(4-5-16)11(18)10(9)12/h7-8,13,16-17H,2-6H2,1H3. The molecule has 0 amide bonds. The number of anilines is 1. The van der Waals surface area contributed by atoms with E-state index >= 15 is 0 Å². The van der Waals surface area contributed by atoms with Crippen LogP contribution in [0.25, 0.3) is 0 Å². The van der Waals surface area contributed by atoms with Gasteiger partial charge in [0.25, 0.3) is 5.56 Å². The van der Waals surface area contributed by atoms with Gasteiger partial charge in [-0.25, -0.2) is 4.68 Å². The summed E-state index contributed by atoms with van der Waals surface area (Å²) >= 11 is 3.19. The maximum atomic E-state index is 11.8. The zero-order chi connectivity index (χ0) is 13.5. The molecule has 3 N–H and O–H groups in total. The highest BCUT2D eigenvalue weighted by molar-refractivity contribution is 9.10. The highest BCUT2D eigenvalue weighted by Gasteiger charge is 2.09. The lowest BCUT2D eigenvalue weighted by molar-refractivity contribution is 0.176. The van der Waals surface area contributed by atoms with Gasteiger partial charge in [-0.1, -0.05) is 13.3 Å². The molecule has 1 heterocycles. The Morgan fingerprint density at radius 2 is 2.33 bits per heavy atom. The number of aliphatic hydroxyl groups excluding tert-OH is 2. The van der Waals surface area contributed by atoms with E-state index in [1.54, 1.807) is 0 Å². The summed E-state index contributed by atoms with van der Waals surface area (Å²) in [5.41, 5.74) is 0.239. The van der Waals surface area contributed by atoms with Crippen LogP contribution in [0.3, 0.4) is 0 Å². The van der Waals surface area contributed by atoms with E-state index in [2.05, 4.69) is 26.3 Å². The summed E-state index contributed by atoms with van der Waals surface area (Å²) in [6, 6.07) is 0. The minimum atomic E-state index is -0.443. The van der Waals surface area contributed by atoms with E-state index < -0.39 is 6.10 Å². The molecule has 0 radical (unpaired) electrons. The van der Waals surface area contributed by atoms with E-state index in [0.717, 1.165) is 6.42 Å². The second-order valence-electron chi connectivity index (χ2n) is 3.95. The lowest BCUT2D eigenvalue weighted by atomic mass is 10.2. The van der Waals surface area contributed by atoms with Crippen molar-refractivity contribution in [3.63, 3.8) is 0 Å². The monoisotopic (exact) mass is 319 g/mol. The lowest BCUT2D eigenvalue weighted by Gasteiger charge is -2.13. The average molecular weight is 320 g/mol. The first-order valence-corrected chi connectivity index (χ1v) is 6.67. The summed E-state index contributed by atoms with van der Waals surface area (Å²) in [4.78, 5) is 11.8. The summed E-state index contributed by atoms with van der Waals surface area (Å²) in [5.74, 6) is 0. The maximum absolute atomic E-state index is 11.8. The molecule has 102 valence electrons. The number of hydrogen-bond donors (Lipinski definition) is 3. The first kappa shape index (κ1) is 15.1. The molecule has 0 bridgehead atoms. The van der Waals surface area contributed by atoms with Crippen molar-refractivity contribution in [3.8, 4) is 0 Å².